The fraction of sp³-hybridized carbons (Fsp3) is 0.545. The van der Waals surface area contributed by atoms with E-state index < -0.39 is 0 Å². The first kappa shape index (κ1) is 7.36. The van der Waals surface area contributed by atoms with Crippen LogP contribution in [0.25, 0.3) is 0 Å². The highest BCUT2D eigenvalue weighted by Crippen LogP contribution is 2.36. The van der Waals surface area contributed by atoms with Crippen LogP contribution >= 0.6 is 0 Å². The molecule has 13 heavy (non-hydrogen) atoms. The Morgan fingerprint density at radius 1 is 1.38 bits per heavy atom. The topological polar surface area (TPSA) is 24.9 Å². The van der Waals surface area contributed by atoms with Crippen LogP contribution in [0.3, 0.4) is 0 Å². The van der Waals surface area contributed by atoms with Gasteiger partial charge in [0.25, 0.3) is 0 Å². The standard InChI is InChI=1S/C11H14N2/c1-3-8-7-9-4-2-6-12-11(9)13-10(8)5-1/h2,4,6,8,10H,1,3,5,7H2,(H,12,13). The van der Waals surface area contributed by atoms with Gasteiger partial charge in [0.15, 0.2) is 0 Å². The molecule has 1 fully saturated rings. The Morgan fingerprint density at radius 3 is 3.38 bits per heavy atom. The molecule has 2 heteroatoms. The lowest BCUT2D eigenvalue weighted by Gasteiger charge is -2.28. The van der Waals surface area contributed by atoms with Crippen molar-refractivity contribution < 1.29 is 0 Å². The Balaban J connectivity index is 1.97. The average molecular weight is 174 g/mol. The molecule has 1 aliphatic carbocycles. The fourth-order valence-electron chi connectivity index (χ4n) is 2.66. The molecular formula is C11H14N2. The van der Waals surface area contributed by atoms with Gasteiger partial charge in [-0.2, -0.15) is 0 Å². The van der Waals surface area contributed by atoms with Crippen LogP contribution in [-0.4, -0.2) is 11.0 Å². The van der Waals surface area contributed by atoms with Gasteiger partial charge in [-0.1, -0.05) is 12.5 Å². The first-order valence-electron chi connectivity index (χ1n) is 5.14. The first-order valence-corrected chi connectivity index (χ1v) is 5.14. The number of hydrogen-bond acceptors (Lipinski definition) is 2. The molecule has 2 aliphatic rings. The zero-order chi connectivity index (χ0) is 8.67. The minimum Gasteiger partial charge on any atom is -0.367 e. The molecule has 2 heterocycles. The summed E-state index contributed by atoms with van der Waals surface area (Å²) in [5, 5.41) is 3.55. The minimum atomic E-state index is 0.711. The second kappa shape index (κ2) is 2.72. The normalized spacial score (nSPS) is 30.5. The minimum absolute atomic E-state index is 0.711. The average Bonchev–Trinajstić information content (AvgIpc) is 2.61. The van der Waals surface area contributed by atoms with Crippen LogP contribution in [-0.2, 0) is 6.42 Å². The number of nitrogens with one attached hydrogen (secondary N) is 1. The number of nitrogens with zero attached hydrogens (tertiary/aromatic N) is 1. The van der Waals surface area contributed by atoms with Crippen LogP contribution in [0.15, 0.2) is 18.3 Å². The summed E-state index contributed by atoms with van der Waals surface area (Å²) in [4.78, 5) is 4.37. The molecule has 1 N–H and O–H groups in total. The van der Waals surface area contributed by atoms with Crippen LogP contribution in [0.2, 0.25) is 0 Å². The monoisotopic (exact) mass is 174 g/mol. The highest BCUT2D eigenvalue weighted by atomic mass is 15.0. The lowest BCUT2D eigenvalue weighted by molar-refractivity contribution is 0.484. The second-order valence-corrected chi connectivity index (χ2v) is 4.16. The molecule has 1 aromatic heterocycles. The number of hydrogen-bond donors (Lipinski definition) is 1. The van der Waals surface area contributed by atoms with E-state index in [4.69, 9.17) is 0 Å². The van der Waals surface area contributed by atoms with Gasteiger partial charge in [0.2, 0.25) is 0 Å². The highest BCUT2D eigenvalue weighted by Gasteiger charge is 2.31. The molecule has 68 valence electrons. The molecule has 1 aliphatic heterocycles. The van der Waals surface area contributed by atoms with Crippen molar-refractivity contribution in [2.24, 2.45) is 5.92 Å². The van der Waals surface area contributed by atoms with E-state index in [1.807, 2.05) is 12.3 Å². The molecule has 2 unspecified atom stereocenters. The smallest absolute Gasteiger partial charge is 0.129 e. The molecule has 0 saturated heterocycles. The van der Waals surface area contributed by atoms with Gasteiger partial charge in [0.1, 0.15) is 5.82 Å². The molecule has 1 aromatic rings. The van der Waals surface area contributed by atoms with Crippen LogP contribution in [0.5, 0.6) is 0 Å². The van der Waals surface area contributed by atoms with Gasteiger partial charge in [-0.05, 0) is 36.8 Å². The lowest BCUT2D eigenvalue weighted by atomic mass is 9.91. The van der Waals surface area contributed by atoms with Crippen LogP contribution in [0.1, 0.15) is 24.8 Å². The van der Waals surface area contributed by atoms with Crippen molar-refractivity contribution in [3.05, 3.63) is 23.9 Å². The summed E-state index contributed by atoms with van der Waals surface area (Å²) < 4.78 is 0. The predicted molar refractivity (Wildman–Crippen MR) is 52.7 cm³/mol. The number of aromatic nitrogens is 1. The van der Waals surface area contributed by atoms with E-state index in [0.717, 1.165) is 11.7 Å². The number of rotatable bonds is 0. The number of pyridine rings is 1. The molecule has 0 radical (unpaired) electrons. The fourth-order valence-corrected chi connectivity index (χ4v) is 2.66. The Bertz CT molecular complexity index is 291. The molecule has 1 saturated carbocycles. The van der Waals surface area contributed by atoms with Crippen molar-refractivity contribution in [1.29, 1.82) is 0 Å². The first-order chi connectivity index (χ1) is 6.43. The van der Waals surface area contributed by atoms with Crippen molar-refractivity contribution in [3.8, 4) is 0 Å². The Kier molecular flexibility index (Phi) is 1.54. The quantitative estimate of drug-likeness (QED) is 0.652. The molecule has 3 rings (SSSR count). The molecule has 2 atom stereocenters. The molecule has 0 spiro atoms. The number of fused-ring (bicyclic) bond motifs is 2. The summed E-state index contributed by atoms with van der Waals surface area (Å²) in [6, 6.07) is 4.95. The second-order valence-electron chi connectivity index (χ2n) is 4.16. The summed E-state index contributed by atoms with van der Waals surface area (Å²) in [7, 11) is 0. The predicted octanol–water partition coefficient (Wildman–Crippen LogP) is 2.22. The Hall–Kier alpha value is -1.05. The van der Waals surface area contributed by atoms with Gasteiger partial charge in [-0.25, -0.2) is 4.98 Å². The largest absolute Gasteiger partial charge is 0.367 e. The molecule has 0 aromatic carbocycles. The third kappa shape index (κ3) is 1.12. The summed E-state index contributed by atoms with van der Waals surface area (Å²) in [6.07, 6.45) is 7.23. The summed E-state index contributed by atoms with van der Waals surface area (Å²) >= 11 is 0. The zero-order valence-electron chi connectivity index (χ0n) is 7.66. The van der Waals surface area contributed by atoms with E-state index in [2.05, 4.69) is 16.4 Å². The maximum atomic E-state index is 4.37. The van der Waals surface area contributed by atoms with Crippen molar-refractivity contribution in [1.82, 2.24) is 4.98 Å². The van der Waals surface area contributed by atoms with E-state index in [1.54, 1.807) is 0 Å². The van der Waals surface area contributed by atoms with E-state index >= 15 is 0 Å². The lowest BCUT2D eigenvalue weighted by Crippen LogP contribution is -2.31. The van der Waals surface area contributed by atoms with E-state index in [0.29, 0.717) is 6.04 Å². The summed E-state index contributed by atoms with van der Waals surface area (Å²) in [5.41, 5.74) is 1.41. The van der Waals surface area contributed by atoms with Crippen molar-refractivity contribution in [2.75, 3.05) is 5.32 Å². The summed E-state index contributed by atoms with van der Waals surface area (Å²) in [6.45, 7) is 0. The highest BCUT2D eigenvalue weighted by molar-refractivity contribution is 5.47. The van der Waals surface area contributed by atoms with Gasteiger partial charge < -0.3 is 5.32 Å². The van der Waals surface area contributed by atoms with Gasteiger partial charge in [0.05, 0.1) is 0 Å². The van der Waals surface area contributed by atoms with Gasteiger partial charge in [-0.3, -0.25) is 0 Å². The Morgan fingerprint density at radius 2 is 2.38 bits per heavy atom. The Labute approximate surface area is 78.4 Å². The third-order valence-corrected chi connectivity index (χ3v) is 3.35. The van der Waals surface area contributed by atoms with Gasteiger partial charge >= 0.3 is 0 Å². The molecule has 0 bridgehead atoms. The number of anilines is 1. The van der Waals surface area contributed by atoms with E-state index in [9.17, 15) is 0 Å². The summed E-state index contributed by atoms with van der Waals surface area (Å²) in [5.74, 6) is 2.00. The molecule has 2 nitrogen and oxygen atoms in total. The van der Waals surface area contributed by atoms with Crippen LogP contribution in [0, 0.1) is 5.92 Å². The van der Waals surface area contributed by atoms with Crippen molar-refractivity contribution >= 4 is 5.82 Å². The zero-order valence-corrected chi connectivity index (χ0v) is 7.66. The van der Waals surface area contributed by atoms with Crippen LogP contribution < -0.4 is 5.32 Å². The van der Waals surface area contributed by atoms with E-state index in [1.165, 1.54) is 31.2 Å². The van der Waals surface area contributed by atoms with Gasteiger partial charge in [-0.15, -0.1) is 0 Å². The molecular weight excluding hydrogens is 160 g/mol. The SMILES string of the molecule is c1cnc2c(c1)CC1CCCC1N2. The van der Waals surface area contributed by atoms with Crippen LogP contribution in [0.4, 0.5) is 5.82 Å². The van der Waals surface area contributed by atoms with E-state index in [-0.39, 0.29) is 0 Å². The van der Waals surface area contributed by atoms with Gasteiger partial charge in [0, 0.05) is 12.2 Å². The maximum absolute atomic E-state index is 4.37. The maximum Gasteiger partial charge on any atom is 0.129 e. The van der Waals surface area contributed by atoms with Crippen molar-refractivity contribution in [3.63, 3.8) is 0 Å². The molecule has 0 amide bonds. The van der Waals surface area contributed by atoms with Crippen molar-refractivity contribution in [2.45, 2.75) is 31.7 Å². The third-order valence-electron chi connectivity index (χ3n) is 3.35.